The molecule has 2 unspecified atom stereocenters. The smallest absolute Gasteiger partial charge is 0.350 e. The van der Waals surface area contributed by atoms with Crippen LogP contribution in [-0.4, -0.2) is 35.0 Å². The Balaban J connectivity index is 1.83. The van der Waals surface area contributed by atoms with E-state index in [2.05, 4.69) is 4.98 Å². The Morgan fingerprint density at radius 2 is 1.88 bits per heavy atom. The summed E-state index contributed by atoms with van der Waals surface area (Å²) < 4.78 is 10.3. The highest BCUT2D eigenvalue weighted by atomic mass is 32.1. The van der Waals surface area contributed by atoms with Crippen molar-refractivity contribution >= 4 is 39.9 Å². The van der Waals surface area contributed by atoms with Gasteiger partial charge in [0.1, 0.15) is 10.8 Å². The Labute approximate surface area is 187 Å². The number of anilines is 1. The molecule has 4 rings (SSSR count). The average Bonchev–Trinajstić information content (AvgIpc) is 3.48. The van der Waals surface area contributed by atoms with Crippen LogP contribution in [0, 0.1) is 19.8 Å². The van der Waals surface area contributed by atoms with Crippen molar-refractivity contribution in [3.8, 4) is 0 Å². The number of amides is 1. The molecule has 0 spiro atoms. The number of Topliss-reactive ketones (excluding diaryl/α,β-unsaturated/α-hetero) is 2. The van der Waals surface area contributed by atoms with Crippen LogP contribution in [0.15, 0.2) is 47.1 Å². The third kappa shape index (κ3) is 3.64. The number of hydrogen-bond donors (Lipinski definition) is 0. The van der Waals surface area contributed by atoms with Crippen molar-refractivity contribution in [3.05, 3.63) is 70.1 Å². The predicted octanol–water partition coefficient (Wildman–Crippen LogP) is 3.69. The fourth-order valence-electron chi connectivity index (χ4n) is 3.69. The van der Waals surface area contributed by atoms with Gasteiger partial charge >= 0.3 is 5.97 Å². The number of esters is 1. The maximum absolute atomic E-state index is 13.2. The third-order valence-electron chi connectivity index (χ3n) is 5.22. The zero-order chi connectivity index (χ0) is 23.0. The molecule has 1 aliphatic heterocycles. The molecule has 1 saturated heterocycles. The maximum Gasteiger partial charge on any atom is 0.350 e. The molecule has 2 aromatic heterocycles. The first-order valence-corrected chi connectivity index (χ1v) is 10.8. The van der Waals surface area contributed by atoms with E-state index in [-0.39, 0.29) is 22.4 Å². The van der Waals surface area contributed by atoms with Gasteiger partial charge in [-0.25, -0.2) is 9.78 Å². The molecular formula is C23H20N2O6S. The zero-order valence-corrected chi connectivity index (χ0v) is 18.5. The van der Waals surface area contributed by atoms with Crippen LogP contribution in [0.5, 0.6) is 0 Å². The Kier molecular flexibility index (Phi) is 5.75. The first-order valence-electron chi connectivity index (χ1n) is 9.99. The summed E-state index contributed by atoms with van der Waals surface area (Å²) in [5, 5.41) is 0.157. The fraction of sp³-hybridized carbons (Fsp3) is 0.261. The van der Waals surface area contributed by atoms with E-state index in [1.54, 1.807) is 32.0 Å². The molecule has 9 heteroatoms. The Morgan fingerprint density at radius 1 is 1.16 bits per heavy atom. The zero-order valence-electron chi connectivity index (χ0n) is 17.7. The van der Waals surface area contributed by atoms with E-state index in [1.165, 1.54) is 17.2 Å². The van der Waals surface area contributed by atoms with Crippen molar-refractivity contribution in [1.82, 2.24) is 4.98 Å². The number of nitrogens with zero attached hydrogens (tertiary/aromatic N) is 2. The van der Waals surface area contributed by atoms with Crippen molar-refractivity contribution in [2.75, 3.05) is 11.5 Å². The monoisotopic (exact) mass is 452 g/mol. The number of furan rings is 1. The highest BCUT2D eigenvalue weighted by molar-refractivity contribution is 7.17. The minimum Gasteiger partial charge on any atom is -0.462 e. The van der Waals surface area contributed by atoms with Gasteiger partial charge in [-0.1, -0.05) is 41.2 Å². The van der Waals surface area contributed by atoms with Crippen LogP contribution in [0.4, 0.5) is 5.13 Å². The molecule has 0 aliphatic carbocycles. The first-order chi connectivity index (χ1) is 15.3. The molecule has 1 aliphatic rings. The Bertz CT molecular complexity index is 1200. The molecule has 2 atom stereocenters. The quantitative estimate of drug-likeness (QED) is 0.243. The van der Waals surface area contributed by atoms with Crippen molar-refractivity contribution in [2.45, 2.75) is 26.8 Å². The summed E-state index contributed by atoms with van der Waals surface area (Å²) in [5.74, 6) is -4.14. The molecule has 1 amide bonds. The molecule has 32 heavy (non-hydrogen) atoms. The summed E-state index contributed by atoms with van der Waals surface area (Å²) in [5.41, 5.74) is 1.97. The molecular weight excluding hydrogens is 432 g/mol. The number of rotatable bonds is 6. The molecule has 164 valence electrons. The number of carbonyl (C=O) groups excluding carboxylic acids is 4. The second kappa shape index (κ2) is 8.51. The van der Waals surface area contributed by atoms with Gasteiger partial charge < -0.3 is 9.15 Å². The number of carbonyl (C=O) groups is 4. The number of hydrogen-bond acceptors (Lipinski definition) is 8. The van der Waals surface area contributed by atoms with Gasteiger partial charge in [0.05, 0.1) is 24.6 Å². The third-order valence-corrected chi connectivity index (χ3v) is 6.36. The van der Waals surface area contributed by atoms with E-state index in [4.69, 9.17) is 9.15 Å². The standard InChI is InChI=1S/C23H20N2O6S/c1-4-30-22(29)20-13(3)24-23(32-20)25-17(14-9-7-12(2)8-10-14)16(19(27)21(25)28)18(26)15-6-5-11-31-15/h5-11,16-17H,4H2,1-3H3. The molecule has 1 fully saturated rings. The summed E-state index contributed by atoms with van der Waals surface area (Å²) in [6.07, 6.45) is 1.34. The topological polar surface area (TPSA) is 107 Å². The van der Waals surface area contributed by atoms with E-state index >= 15 is 0 Å². The van der Waals surface area contributed by atoms with Crippen molar-refractivity contribution in [2.24, 2.45) is 5.92 Å². The van der Waals surface area contributed by atoms with Gasteiger partial charge in [0.2, 0.25) is 11.6 Å². The van der Waals surface area contributed by atoms with Gasteiger partial charge in [0, 0.05) is 0 Å². The lowest BCUT2D eigenvalue weighted by molar-refractivity contribution is -0.135. The number of benzene rings is 1. The van der Waals surface area contributed by atoms with Crippen LogP contribution >= 0.6 is 11.3 Å². The molecule has 0 radical (unpaired) electrons. The minimum absolute atomic E-state index is 0.00218. The van der Waals surface area contributed by atoms with Gasteiger partial charge in [-0.15, -0.1) is 0 Å². The fourth-order valence-corrected chi connectivity index (χ4v) is 4.68. The summed E-state index contributed by atoms with van der Waals surface area (Å²) in [4.78, 5) is 57.4. The number of ketones is 2. The summed E-state index contributed by atoms with van der Waals surface area (Å²) in [6, 6.07) is 9.30. The van der Waals surface area contributed by atoms with Crippen LogP contribution in [0.1, 0.15) is 50.0 Å². The second-order valence-corrected chi connectivity index (χ2v) is 8.32. The lowest BCUT2D eigenvalue weighted by Gasteiger charge is -2.24. The van der Waals surface area contributed by atoms with E-state index in [1.807, 2.05) is 19.1 Å². The van der Waals surface area contributed by atoms with Gasteiger partial charge in [-0.2, -0.15) is 0 Å². The summed E-state index contributed by atoms with van der Waals surface area (Å²) in [7, 11) is 0. The van der Waals surface area contributed by atoms with E-state index in [0.29, 0.717) is 11.3 Å². The molecule has 0 N–H and O–H groups in total. The number of thiazole rings is 1. The van der Waals surface area contributed by atoms with Gasteiger partial charge in [-0.3, -0.25) is 19.3 Å². The van der Waals surface area contributed by atoms with Crippen LogP contribution in [0.25, 0.3) is 0 Å². The van der Waals surface area contributed by atoms with Gasteiger partial charge in [0.25, 0.3) is 5.91 Å². The van der Waals surface area contributed by atoms with Crippen LogP contribution in [0.2, 0.25) is 0 Å². The Hall–Kier alpha value is -3.59. The molecule has 3 aromatic rings. The summed E-state index contributed by atoms with van der Waals surface area (Å²) >= 11 is 0.956. The normalized spacial score (nSPS) is 18.3. The summed E-state index contributed by atoms with van der Waals surface area (Å²) in [6.45, 7) is 5.42. The van der Waals surface area contributed by atoms with E-state index in [0.717, 1.165) is 16.9 Å². The van der Waals surface area contributed by atoms with Crippen molar-refractivity contribution in [3.63, 3.8) is 0 Å². The van der Waals surface area contributed by atoms with E-state index in [9.17, 15) is 19.2 Å². The lowest BCUT2D eigenvalue weighted by Crippen LogP contribution is -2.30. The molecule has 3 heterocycles. The molecule has 8 nitrogen and oxygen atoms in total. The van der Waals surface area contributed by atoms with Crippen molar-refractivity contribution < 1.29 is 28.3 Å². The number of aryl methyl sites for hydroxylation is 2. The van der Waals surface area contributed by atoms with Crippen molar-refractivity contribution in [1.29, 1.82) is 0 Å². The largest absolute Gasteiger partial charge is 0.462 e. The highest BCUT2D eigenvalue weighted by Crippen LogP contribution is 2.43. The average molecular weight is 452 g/mol. The Morgan fingerprint density at radius 3 is 2.50 bits per heavy atom. The minimum atomic E-state index is -1.30. The molecule has 0 saturated carbocycles. The second-order valence-electron chi connectivity index (χ2n) is 7.35. The number of aromatic nitrogens is 1. The maximum atomic E-state index is 13.2. The highest BCUT2D eigenvalue weighted by Gasteiger charge is 2.54. The van der Waals surface area contributed by atoms with Gasteiger partial charge in [0.15, 0.2) is 10.9 Å². The van der Waals surface area contributed by atoms with Crippen LogP contribution in [0.3, 0.4) is 0 Å². The molecule has 0 bridgehead atoms. The SMILES string of the molecule is CCOC(=O)c1sc(N2C(=O)C(=O)C(C(=O)c3ccco3)C2c2ccc(C)cc2)nc1C. The van der Waals surface area contributed by atoms with Crippen LogP contribution in [-0.2, 0) is 14.3 Å². The van der Waals surface area contributed by atoms with Gasteiger partial charge in [-0.05, 0) is 38.5 Å². The predicted molar refractivity (Wildman–Crippen MR) is 116 cm³/mol. The molecule has 1 aromatic carbocycles. The first kappa shape index (κ1) is 21.6. The van der Waals surface area contributed by atoms with Crippen LogP contribution < -0.4 is 4.90 Å². The number of ether oxygens (including phenoxy) is 1. The lowest BCUT2D eigenvalue weighted by atomic mass is 9.88. The van der Waals surface area contributed by atoms with E-state index < -0.39 is 35.4 Å².